The number of amides is 1. The summed E-state index contributed by atoms with van der Waals surface area (Å²) in [6.45, 7) is 4.00. The van der Waals surface area contributed by atoms with Crippen molar-refractivity contribution in [2.45, 2.75) is 13.8 Å². The summed E-state index contributed by atoms with van der Waals surface area (Å²) in [5.74, 6) is -1.04. The Kier molecular flexibility index (Phi) is 9.54. The molecule has 0 saturated carbocycles. The molecule has 23 heavy (non-hydrogen) atoms. The Morgan fingerprint density at radius 2 is 1.65 bits per heavy atom. The molecule has 0 atom stereocenters. The molecule has 7 heteroatoms. The topological polar surface area (TPSA) is 108 Å². The number of aromatic hydroxyl groups is 2. The number of anilines is 2. The summed E-state index contributed by atoms with van der Waals surface area (Å²) in [4.78, 5) is 11.9. The number of carbonyl (C=O) groups excluding carboxylic acids is 1. The highest BCUT2D eigenvalue weighted by Gasteiger charge is 2.12. The first-order valence-corrected chi connectivity index (χ1v) is 6.98. The van der Waals surface area contributed by atoms with Gasteiger partial charge < -0.3 is 21.3 Å². The molecule has 0 unspecified atom stereocenters. The summed E-state index contributed by atoms with van der Waals surface area (Å²) in [5, 5.41) is 21.2. The van der Waals surface area contributed by atoms with Gasteiger partial charge in [-0.2, -0.15) is 0 Å². The lowest BCUT2D eigenvalue weighted by atomic mass is 10.1. The van der Waals surface area contributed by atoms with Gasteiger partial charge >= 0.3 is 0 Å². The summed E-state index contributed by atoms with van der Waals surface area (Å²) in [6, 6.07) is 9.67. The molecule has 0 aliphatic carbocycles. The lowest BCUT2D eigenvalue weighted by Gasteiger charge is -2.08. The number of hydrogen-bond donors (Lipinski definition) is 5. The van der Waals surface area contributed by atoms with Crippen LogP contribution in [0.25, 0.3) is 0 Å². The van der Waals surface area contributed by atoms with E-state index in [1.54, 1.807) is 12.1 Å². The predicted molar refractivity (Wildman–Crippen MR) is 90.4 cm³/mol. The summed E-state index contributed by atoms with van der Waals surface area (Å²) < 4.78 is 12.2. The van der Waals surface area contributed by atoms with Crippen molar-refractivity contribution in [3.63, 3.8) is 0 Å². The summed E-state index contributed by atoms with van der Waals surface area (Å²) in [5.41, 5.74) is 6.55. The van der Waals surface area contributed by atoms with Crippen molar-refractivity contribution in [1.29, 1.82) is 0 Å². The van der Waals surface area contributed by atoms with E-state index in [-0.39, 0.29) is 22.7 Å². The van der Waals surface area contributed by atoms with Gasteiger partial charge in [0.25, 0.3) is 5.91 Å². The highest BCUT2D eigenvalue weighted by molar-refractivity contribution is 6.06. The molecule has 0 aliphatic rings. The van der Waals surface area contributed by atoms with Crippen molar-refractivity contribution in [2.75, 3.05) is 17.9 Å². The Balaban J connectivity index is 0.00000112. The standard InChI is InChI=1S/C13H11FN2O3.C2H6.CH5N/c14-16-9-3-1-2-8(6-9)15-13(19)11-5-4-10(17)7-12(11)18;2*1-2/h1-7,16-18H,(H,15,19);1-2H3;2H2,1H3. The van der Waals surface area contributed by atoms with E-state index in [0.717, 1.165) is 6.07 Å². The Hall–Kier alpha value is -2.80. The average Bonchev–Trinajstić information content (AvgIpc) is 2.58. The van der Waals surface area contributed by atoms with E-state index in [4.69, 9.17) is 5.11 Å². The molecule has 0 aliphatic heterocycles. The Morgan fingerprint density at radius 3 is 2.22 bits per heavy atom. The molecule has 6 nitrogen and oxygen atoms in total. The molecule has 126 valence electrons. The average molecular weight is 323 g/mol. The van der Waals surface area contributed by atoms with Crippen LogP contribution in [-0.2, 0) is 0 Å². The van der Waals surface area contributed by atoms with Gasteiger partial charge in [0.05, 0.1) is 11.3 Å². The molecule has 0 radical (unpaired) electrons. The van der Waals surface area contributed by atoms with Gasteiger partial charge in [0.1, 0.15) is 11.5 Å². The van der Waals surface area contributed by atoms with Crippen LogP contribution in [0.15, 0.2) is 42.5 Å². The number of nitrogens with one attached hydrogen (secondary N) is 2. The fourth-order valence-corrected chi connectivity index (χ4v) is 1.57. The number of benzene rings is 2. The van der Waals surface area contributed by atoms with Gasteiger partial charge in [-0.3, -0.25) is 4.79 Å². The van der Waals surface area contributed by atoms with Crippen LogP contribution in [-0.4, -0.2) is 23.2 Å². The zero-order valence-electron chi connectivity index (χ0n) is 13.3. The fraction of sp³-hybridized carbons (Fsp3) is 0.188. The molecule has 6 N–H and O–H groups in total. The zero-order chi connectivity index (χ0) is 17.8. The monoisotopic (exact) mass is 323 g/mol. The van der Waals surface area contributed by atoms with Gasteiger partial charge in [-0.1, -0.05) is 19.9 Å². The van der Waals surface area contributed by atoms with E-state index < -0.39 is 5.91 Å². The predicted octanol–water partition coefficient (Wildman–Crippen LogP) is 3.25. The number of hydrogen-bond acceptors (Lipinski definition) is 5. The molecule has 2 aromatic rings. The van der Waals surface area contributed by atoms with Crippen LogP contribution in [0, 0.1) is 0 Å². The second-order valence-corrected chi connectivity index (χ2v) is 3.83. The van der Waals surface area contributed by atoms with Crippen molar-refractivity contribution in [3.05, 3.63) is 48.0 Å². The van der Waals surface area contributed by atoms with Crippen LogP contribution < -0.4 is 16.6 Å². The summed E-state index contributed by atoms with van der Waals surface area (Å²) >= 11 is 0. The first kappa shape index (κ1) is 20.2. The van der Waals surface area contributed by atoms with Gasteiger partial charge in [-0.15, -0.1) is 4.48 Å². The second kappa shape index (κ2) is 10.9. The fourth-order valence-electron chi connectivity index (χ4n) is 1.57. The molecule has 0 fully saturated rings. The third-order valence-corrected chi connectivity index (χ3v) is 2.46. The molecule has 0 saturated heterocycles. The molecule has 0 bridgehead atoms. The maximum absolute atomic E-state index is 12.2. The molecule has 0 heterocycles. The molecular weight excluding hydrogens is 301 g/mol. The van der Waals surface area contributed by atoms with E-state index >= 15 is 0 Å². The van der Waals surface area contributed by atoms with Crippen LogP contribution in [0.2, 0.25) is 0 Å². The lowest BCUT2D eigenvalue weighted by Crippen LogP contribution is -2.12. The van der Waals surface area contributed by atoms with E-state index in [1.165, 1.54) is 36.9 Å². The quantitative estimate of drug-likeness (QED) is 0.557. The number of rotatable bonds is 3. The minimum Gasteiger partial charge on any atom is -0.508 e. The first-order valence-electron chi connectivity index (χ1n) is 6.98. The van der Waals surface area contributed by atoms with Crippen molar-refractivity contribution in [3.8, 4) is 11.5 Å². The third-order valence-electron chi connectivity index (χ3n) is 2.46. The Labute approximate surface area is 134 Å². The second-order valence-electron chi connectivity index (χ2n) is 3.83. The maximum Gasteiger partial charge on any atom is 0.259 e. The molecule has 0 aromatic heterocycles. The minimum atomic E-state index is -0.562. The van der Waals surface area contributed by atoms with Crippen molar-refractivity contribution in [2.24, 2.45) is 5.73 Å². The van der Waals surface area contributed by atoms with Gasteiger partial charge in [0, 0.05) is 11.8 Å². The lowest BCUT2D eigenvalue weighted by molar-refractivity contribution is 0.102. The summed E-state index contributed by atoms with van der Waals surface area (Å²) in [7, 11) is 1.50. The van der Waals surface area contributed by atoms with Gasteiger partial charge in [-0.25, -0.2) is 5.54 Å². The Bertz CT molecular complexity index is 621. The van der Waals surface area contributed by atoms with Crippen LogP contribution >= 0.6 is 0 Å². The molecule has 0 spiro atoms. The van der Waals surface area contributed by atoms with Crippen molar-refractivity contribution in [1.82, 2.24) is 0 Å². The van der Waals surface area contributed by atoms with Gasteiger partial charge in [0.2, 0.25) is 0 Å². The minimum absolute atomic E-state index is 0.0106. The van der Waals surface area contributed by atoms with Crippen LogP contribution in [0.4, 0.5) is 15.9 Å². The molecule has 2 aromatic carbocycles. The normalized spacial score (nSPS) is 8.74. The number of phenols is 2. The van der Waals surface area contributed by atoms with Crippen LogP contribution in [0.1, 0.15) is 24.2 Å². The number of carbonyl (C=O) groups is 1. The van der Waals surface area contributed by atoms with Crippen molar-refractivity contribution < 1.29 is 19.5 Å². The molecular formula is C16H22FN3O3. The van der Waals surface area contributed by atoms with Crippen LogP contribution in [0.3, 0.4) is 0 Å². The molecule has 2 rings (SSSR count). The van der Waals surface area contributed by atoms with Gasteiger partial charge in [-0.05, 0) is 37.4 Å². The Morgan fingerprint density at radius 1 is 1.04 bits per heavy atom. The maximum atomic E-state index is 12.2. The third kappa shape index (κ3) is 6.23. The summed E-state index contributed by atoms with van der Waals surface area (Å²) in [6.07, 6.45) is 0. The van der Waals surface area contributed by atoms with E-state index in [9.17, 15) is 14.4 Å². The largest absolute Gasteiger partial charge is 0.508 e. The number of halogens is 1. The van der Waals surface area contributed by atoms with E-state index in [1.807, 2.05) is 13.8 Å². The van der Waals surface area contributed by atoms with Crippen molar-refractivity contribution >= 4 is 17.3 Å². The van der Waals surface area contributed by atoms with E-state index in [0.29, 0.717) is 5.69 Å². The smallest absolute Gasteiger partial charge is 0.259 e. The van der Waals surface area contributed by atoms with Gasteiger partial charge in [0.15, 0.2) is 0 Å². The SMILES string of the molecule is CC.CN.O=C(Nc1cccc(NF)c1)c1ccc(O)cc1O. The number of nitrogens with two attached hydrogens (primary N) is 1. The van der Waals surface area contributed by atoms with Crippen LogP contribution in [0.5, 0.6) is 11.5 Å². The highest BCUT2D eigenvalue weighted by Crippen LogP contribution is 2.24. The van der Waals surface area contributed by atoms with E-state index in [2.05, 4.69) is 11.1 Å². The zero-order valence-corrected chi connectivity index (χ0v) is 13.3. The highest BCUT2D eigenvalue weighted by atomic mass is 19.2. The molecule has 1 amide bonds. The number of phenolic OH excluding ortho intramolecular Hbond substituents is 2. The first-order chi connectivity index (χ1) is 11.1.